The van der Waals surface area contributed by atoms with Crippen molar-refractivity contribution in [3.05, 3.63) is 40.4 Å². The standard InChI is InChI=1S/C14H19BrN4O/c1-4-5-19-14(12(20-3)9-18-19)13(16-2)10-6-11(15)8-17-7-10/h6-9,13,16H,4-5H2,1-3H3. The molecule has 0 saturated carbocycles. The summed E-state index contributed by atoms with van der Waals surface area (Å²) in [5.41, 5.74) is 2.09. The summed E-state index contributed by atoms with van der Waals surface area (Å²) in [7, 11) is 3.59. The summed E-state index contributed by atoms with van der Waals surface area (Å²) in [4.78, 5) is 4.24. The van der Waals surface area contributed by atoms with Gasteiger partial charge in [-0.2, -0.15) is 5.10 Å². The number of halogens is 1. The molecular formula is C14H19BrN4O. The second-order valence-electron chi connectivity index (χ2n) is 4.48. The topological polar surface area (TPSA) is 52.0 Å². The van der Waals surface area contributed by atoms with Crippen molar-refractivity contribution < 1.29 is 4.74 Å². The van der Waals surface area contributed by atoms with Crippen LogP contribution < -0.4 is 10.1 Å². The third-order valence-electron chi connectivity index (χ3n) is 3.12. The molecule has 108 valence electrons. The van der Waals surface area contributed by atoms with Gasteiger partial charge in [0.1, 0.15) is 5.69 Å². The molecule has 0 spiro atoms. The Kier molecular flexibility index (Phi) is 5.14. The minimum atomic E-state index is -0.0102. The summed E-state index contributed by atoms with van der Waals surface area (Å²) in [5, 5.41) is 7.73. The average molecular weight is 339 g/mol. The van der Waals surface area contributed by atoms with Gasteiger partial charge < -0.3 is 10.1 Å². The Morgan fingerprint density at radius 2 is 2.20 bits per heavy atom. The maximum absolute atomic E-state index is 5.45. The highest BCUT2D eigenvalue weighted by atomic mass is 79.9. The van der Waals surface area contributed by atoms with Crippen molar-refractivity contribution in [3.63, 3.8) is 0 Å². The molecule has 0 amide bonds. The van der Waals surface area contributed by atoms with E-state index in [1.54, 1.807) is 19.5 Å². The number of ether oxygens (including phenoxy) is 1. The number of rotatable bonds is 6. The predicted molar refractivity (Wildman–Crippen MR) is 81.9 cm³/mol. The number of hydrogen-bond acceptors (Lipinski definition) is 4. The first-order valence-electron chi connectivity index (χ1n) is 6.58. The highest BCUT2D eigenvalue weighted by molar-refractivity contribution is 9.10. The van der Waals surface area contributed by atoms with Crippen molar-refractivity contribution in [1.29, 1.82) is 0 Å². The first-order valence-corrected chi connectivity index (χ1v) is 7.38. The zero-order valence-electron chi connectivity index (χ0n) is 11.9. The molecule has 0 fully saturated rings. The van der Waals surface area contributed by atoms with E-state index >= 15 is 0 Å². The Bertz CT molecular complexity index is 570. The number of pyridine rings is 1. The highest BCUT2D eigenvalue weighted by Gasteiger charge is 2.22. The summed E-state index contributed by atoms with van der Waals surface area (Å²) >= 11 is 3.46. The van der Waals surface area contributed by atoms with E-state index in [4.69, 9.17) is 4.74 Å². The zero-order valence-corrected chi connectivity index (χ0v) is 13.5. The van der Waals surface area contributed by atoms with E-state index in [0.717, 1.165) is 34.4 Å². The van der Waals surface area contributed by atoms with E-state index in [1.165, 1.54) is 0 Å². The van der Waals surface area contributed by atoms with Crippen molar-refractivity contribution in [2.45, 2.75) is 25.9 Å². The fourth-order valence-electron chi connectivity index (χ4n) is 2.26. The van der Waals surface area contributed by atoms with Crippen LogP contribution >= 0.6 is 15.9 Å². The molecule has 1 N–H and O–H groups in total. The van der Waals surface area contributed by atoms with Gasteiger partial charge in [0.15, 0.2) is 5.75 Å². The fourth-order valence-corrected chi connectivity index (χ4v) is 2.65. The molecule has 0 aliphatic rings. The van der Waals surface area contributed by atoms with E-state index in [9.17, 15) is 0 Å². The number of nitrogens with zero attached hydrogens (tertiary/aromatic N) is 3. The van der Waals surface area contributed by atoms with E-state index in [1.807, 2.05) is 17.9 Å². The quantitative estimate of drug-likeness (QED) is 0.879. The van der Waals surface area contributed by atoms with Crippen LogP contribution in [0.25, 0.3) is 0 Å². The van der Waals surface area contributed by atoms with Gasteiger partial charge in [0.05, 0.1) is 19.3 Å². The summed E-state index contributed by atoms with van der Waals surface area (Å²) in [6.07, 6.45) is 6.41. The van der Waals surface area contributed by atoms with Gasteiger partial charge in [-0.25, -0.2) is 0 Å². The second-order valence-corrected chi connectivity index (χ2v) is 5.40. The molecule has 6 heteroatoms. The van der Waals surface area contributed by atoms with Crippen LogP contribution in [0.4, 0.5) is 0 Å². The average Bonchev–Trinajstić information content (AvgIpc) is 2.84. The minimum Gasteiger partial charge on any atom is -0.493 e. The van der Waals surface area contributed by atoms with Gasteiger partial charge in [-0.3, -0.25) is 9.67 Å². The predicted octanol–water partition coefficient (Wildman–Crippen LogP) is 2.77. The Balaban J connectivity index is 2.48. The lowest BCUT2D eigenvalue weighted by molar-refractivity contribution is 0.400. The van der Waals surface area contributed by atoms with Gasteiger partial charge in [0.25, 0.3) is 0 Å². The molecule has 0 radical (unpaired) electrons. The molecule has 1 unspecified atom stereocenters. The van der Waals surface area contributed by atoms with Crippen molar-refractivity contribution in [1.82, 2.24) is 20.1 Å². The molecule has 20 heavy (non-hydrogen) atoms. The molecule has 0 aromatic carbocycles. The molecule has 2 heterocycles. The van der Waals surface area contributed by atoms with Gasteiger partial charge in [0, 0.05) is 23.4 Å². The van der Waals surface area contributed by atoms with Crippen LogP contribution in [0.2, 0.25) is 0 Å². The molecule has 2 rings (SSSR count). The van der Waals surface area contributed by atoms with Crippen molar-refractivity contribution >= 4 is 15.9 Å². The van der Waals surface area contributed by atoms with Gasteiger partial charge in [-0.15, -0.1) is 0 Å². The van der Waals surface area contributed by atoms with Crippen molar-refractivity contribution in [2.75, 3.05) is 14.2 Å². The molecule has 0 aliphatic carbocycles. The van der Waals surface area contributed by atoms with Crippen LogP contribution in [0.5, 0.6) is 5.75 Å². The number of methoxy groups -OCH3 is 1. The Labute approximate surface area is 127 Å². The lowest BCUT2D eigenvalue weighted by Gasteiger charge is -2.19. The maximum Gasteiger partial charge on any atom is 0.161 e. The summed E-state index contributed by atoms with van der Waals surface area (Å²) in [5.74, 6) is 0.790. The number of nitrogens with one attached hydrogen (secondary N) is 1. The summed E-state index contributed by atoms with van der Waals surface area (Å²) in [6.45, 7) is 2.99. The maximum atomic E-state index is 5.45. The minimum absolute atomic E-state index is 0.0102. The summed E-state index contributed by atoms with van der Waals surface area (Å²) < 4.78 is 8.39. The Morgan fingerprint density at radius 3 is 2.80 bits per heavy atom. The van der Waals surface area contributed by atoms with Crippen molar-refractivity contribution in [3.8, 4) is 5.75 Å². The molecule has 0 aliphatic heterocycles. The van der Waals surface area contributed by atoms with E-state index in [-0.39, 0.29) is 6.04 Å². The van der Waals surface area contributed by atoms with Crippen LogP contribution in [0.15, 0.2) is 29.1 Å². The first kappa shape index (κ1) is 15.0. The van der Waals surface area contributed by atoms with E-state index in [0.29, 0.717) is 0 Å². The third kappa shape index (κ3) is 3.02. The molecular weight excluding hydrogens is 320 g/mol. The molecule has 0 saturated heterocycles. The van der Waals surface area contributed by atoms with E-state index in [2.05, 4.69) is 44.3 Å². The third-order valence-corrected chi connectivity index (χ3v) is 3.56. The largest absolute Gasteiger partial charge is 0.493 e. The highest BCUT2D eigenvalue weighted by Crippen LogP contribution is 2.30. The number of aryl methyl sites for hydroxylation is 1. The zero-order chi connectivity index (χ0) is 14.5. The SMILES string of the molecule is CCCn1ncc(OC)c1C(NC)c1cncc(Br)c1. The van der Waals surface area contributed by atoms with Gasteiger partial charge >= 0.3 is 0 Å². The van der Waals surface area contributed by atoms with Gasteiger partial charge in [0.2, 0.25) is 0 Å². The number of hydrogen-bond donors (Lipinski definition) is 1. The Morgan fingerprint density at radius 1 is 1.40 bits per heavy atom. The van der Waals surface area contributed by atoms with Crippen molar-refractivity contribution in [2.24, 2.45) is 0 Å². The summed E-state index contributed by atoms with van der Waals surface area (Å²) in [6, 6.07) is 2.04. The smallest absolute Gasteiger partial charge is 0.161 e. The molecule has 2 aromatic heterocycles. The number of aromatic nitrogens is 3. The van der Waals surface area contributed by atoms with Gasteiger partial charge in [-0.1, -0.05) is 6.92 Å². The molecule has 2 aromatic rings. The van der Waals surface area contributed by atoms with E-state index < -0.39 is 0 Å². The Hall–Kier alpha value is -1.40. The van der Waals surface area contributed by atoms with Crippen LogP contribution in [0.1, 0.15) is 30.6 Å². The second kappa shape index (κ2) is 6.85. The van der Waals surface area contributed by atoms with Crippen LogP contribution in [0, 0.1) is 0 Å². The molecule has 0 bridgehead atoms. The molecule has 1 atom stereocenters. The molecule has 5 nitrogen and oxygen atoms in total. The van der Waals surface area contributed by atoms with Gasteiger partial charge in [-0.05, 0) is 41.0 Å². The monoisotopic (exact) mass is 338 g/mol. The van der Waals surface area contributed by atoms with Crippen LogP contribution in [-0.2, 0) is 6.54 Å². The normalized spacial score (nSPS) is 12.4. The first-order chi connectivity index (χ1) is 9.71. The fraction of sp³-hybridized carbons (Fsp3) is 0.429. The van der Waals surface area contributed by atoms with Crippen LogP contribution in [0.3, 0.4) is 0 Å². The lowest BCUT2D eigenvalue weighted by atomic mass is 10.1. The lowest BCUT2D eigenvalue weighted by Crippen LogP contribution is -2.22. The van der Waals surface area contributed by atoms with Crippen LogP contribution in [-0.4, -0.2) is 28.9 Å².